The van der Waals surface area contributed by atoms with Gasteiger partial charge in [-0.05, 0) is 47.7 Å². The van der Waals surface area contributed by atoms with E-state index >= 15 is 0 Å². The number of aromatic nitrogens is 4. The summed E-state index contributed by atoms with van der Waals surface area (Å²) in [6, 6.07) is 5.94. The van der Waals surface area contributed by atoms with E-state index < -0.39 is 0 Å². The Hall–Kier alpha value is -1.95. The minimum absolute atomic E-state index is 0.567. The minimum atomic E-state index is 0.567. The summed E-state index contributed by atoms with van der Waals surface area (Å²) in [4.78, 5) is 0. The Morgan fingerprint density at radius 1 is 1.35 bits per heavy atom. The molecule has 1 aromatic heterocycles. The second-order valence-corrected chi connectivity index (χ2v) is 5.28. The summed E-state index contributed by atoms with van der Waals surface area (Å²) >= 11 is 0. The third-order valence-electron chi connectivity index (χ3n) is 3.87. The van der Waals surface area contributed by atoms with Gasteiger partial charge in [0.05, 0.1) is 0 Å². The van der Waals surface area contributed by atoms with E-state index in [0.717, 1.165) is 55.2 Å². The predicted octanol–water partition coefficient (Wildman–Crippen LogP) is 1.66. The minimum Gasteiger partial charge on any atom is -0.398 e. The highest BCUT2D eigenvalue weighted by molar-refractivity contribution is 5.73. The number of rotatable bonds is 3. The smallest absolute Gasteiger partial charge is 0.184 e. The van der Waals surface area contributed by atoms with Gasteiger partial charge in [-0.3, -0.25) is 0 Å². The maximum atomic E-state index is 6.15. The maximum Gasteiger partial charge on any atom is 0.184 e. The van der Waals surface area contributed by atoms with Gasteiger partial charge in [-0.1, -0.05) is 12.1 Å². The molecule has 0 radical (unpaired) electrons. The molecule has 2 N–H and O–H groups in total. The van der Waals surface area contributed by atoms with Gasteiger partial charge in [-0.2, -0.15) is 0 Å². The number of tetrazole rings is 1. The maximum absolute atomic E-state index is 6.15. The van der Waals surface area contributed by atoms with Crippen molar-refractivity contribution in [1.29, 1.82) is 0 Å². The fourth-order valence-corrected chi connectivity index (χ4v) is 2.57. The SMILES string of the molecule is Cc1cccc(-c2nnnn2CC2CCOCC2)c1N. The monoisotopic (exact) mass is 273 g/mol. The van der Waals surface area contributed by atoms with Gasteiger partial charge in [0, 0.05) is 31.0 Å². The van der Waals surface area contributed by atoms with Crippen LogP contribution < -0.4 is 5.73 Å². The second kappa shape index (κ2) is 5.58. The number of para-hydroxylation sites is 1. The molecule has 1 aromatic carbocycles. The van der Waals surface area contributed by atoms with Crippen molar-refractivity contribution in [2.45, 2.75) is 26.3 Å². The molecule has 3 rings (SSSR count). The molecule has 2 heterocycles. The largest absolute Gasteiger partial charge is 0.398 e. The van der Waals surface area contributed by atoms with E-state index in [1.54, 1.807) is 0 Å². The van der Waals surface area contributed by atoms with Crippen LogP contribution in [0.1, 0.15) is 18.4 Å². The lowest BCUT2D eigenvalue weighted by molar-refractivity contribution is 0.0601. The van der Waals surface area contributed by atoms with Gasteiger partial charge in [0.15, 0.2) is 5.82 Å². The van der Waals surface area contributed by atoms with Crippen molar-refractivity contribution in [3.8, 4) is 11.4 Å². The molecule has 6 heteroatoms. The summed E-state index contributed by atoms with van der Waals surface area (Å²) < 4.78 is 7.25. The van der Waals surface area contributed by atoms with Crippen molar-refractivity contribution in [2.24, 2.45) is 5.92 Å². The molecule has 0 spiro atoms. The van der Waals surface area contributed by atoms with Gasteiger partial charge < -0.3 is 10.5 Å². The molecule has 0 aliphatic carbocycles. The highest BCUT2D eigenvalue weighted by atomic mass is 16.5. The predicted molar refractivity (Wildman–Crippen MR) is 75.9 cm³/mol. The summed E-state index contributed by atoms with van der Waals surface area (Å²) in [5.41, 5.74) is 8.84. The zero-order chi connectivity index (χ0) is 13.9. The molecule has 0 bridgehead atoms. The lowest BCUT2D eigenvalue weighted by Crippen LogP contribution is -2.21. The van der Waals surface area contributed by atoms with E-state index in [1.165, 1.54) is 0 Å². The van der Waals surface area contributed by atoms with Crippen molar-refractivity contribution in [3.63, 3.8) is 0 Å². The molecule has 0 atom stereocenters. The van der Waals surface area contributed by atoms with Crippen LogP contribution in [0.3, 0.4) is 0 Å². The Bertz CT molecular complexity index is 589. The van der Waals surface area contributed by atoms with Crippen LogP contribution in [0.4, 0.5) is 5.69 Å². The second-order valence-electron chi connectivity index (χ2n) is 5.28. The van der Waals surface area contributed by atoms with Gasteiger partial charge in [0.1, 0.15) is 0 Å². The molecule has 2 aromatic rings. The zero-order valence-electron chi connectivity index (χ0n) is 11.6. The van der Waals surface area contributed by atoms with Crippen molar-refractivity contribution in [1.82, 2.24) is 20.2 Å². The number of aryl methyl sites for hydroxylation is 1. The van der Waals surface area contributed by atoms with Crippen LogP contribution in [-0.2, 0) is 11.3 Å². The van der Waals surface area contributed by atoms with Crippen LogP contribution >= 0.6 is 0 Å². The quantitative estimate of drug-likeness (QED) is 0.860. The molecule has 1 aliphatic rings. The van der Waals surface area contributed by atoms with Crippen LogP contribution in [0, 0.1) is 12.8 Å². The Labute approximate surface area is 117 Å². The molecule has 106 valence electrons. The third kappa shape index (κ3) is 2.51. The van der Waals surface area contributed by atoms with Crippen LogP contribution in [0.25, 0.3) is 11.4 Å². The lowest BCUT2D eigenvalue weighted by atomic mass is 10.0. The summed E-state index contributed by atoms with van der Waals surface area (Å²) in [7, 11) is 0. The third-order valence-corrected chi connectivity index (χ3v) is 3.87. The van der Waals surface area contributed by atoms with Gasteiger partial charge in [-0.25, -0.2) is 4.68 Å². The van der Waals surface area contributed by atoms with E-state index in [-0.39, 0.29) is 0 Å². The van der Waals surface area contributed by atoms with E-state index in [2.05, 4.69) is 15.5 Å². The first-order valence-electron chi connectivity index (χ1n) is 6.95. The summed E-state index contributed by atoms with van der Waals surface area (Å²) in [5, 5.41) is 12.1. The van der Waals surface area contributed by atoms with Crippen molar-refractivity contribution in [3.05, 3.63) is 23.8 Å². The summed E-state index contributed by atoms with van der Waals surface area (Å²) in [6.07, 6.45) is 2.12. The number of nitrogens with zero attached hydrogens (tertiary/aromatic N) is 4. The Balaban J connectivity index is 1.87. The average molecular weight is 273 g/mol. The molecule has 1 fully saturated rings. The molecule has 1 aliphatic heterocycles. The van der Waals surface area contributed by atoms with Crippen LogP contribution in [-0.4, -0.2) is 33.4 Å². The normalized spacial score (nSPS) is 16.4. The molecular weight excluding hydrogens is 254 g/mol. The molecule has 20 heavy (non-hydrogen) atoms. The molecule has 1 saturated heterocycles. The average Bonchev–Trinajstić information content (AvgIpc) is 2.91. The van der Waals surface area contributed by atoms with Crippen LogP contribution in [0.15, 0.2) is 18.2 Å². The topological polar surface area (TPSA) is 78.8 Å². The number of ether oxygens (including phenoxy) is 1. The van der Waals surface area contributed by atoms with Crippen molar-refractivity contribution in [2.75, 3.05) is 18.9 Å². The fourth-order valence-electron chi connectivity index (χ4n) is 2.57. The first kappa shape index (κ1) is 13.1. The van der Waals surface area contributed by atoms with Gasteiger partial charge in [-0.15, -0.1) is 5.10 Å². The first-order chi connectivity index (χ1) is 9.75. The Morgan fingerprint density at radius 2 is 2.15 bits per heavy atom. The number of anilines is 1. The summed E-state index contributed by atoms with van der Waals surface area (Å²) in [6.45, 7) is 4.47. The number of hydrogen-bond acceptors (Lipinski definition) is 5. The van der Waals surface area contributed by atoms with Gasteiger partial charge >= 0.3 is 0 Å². The van der Waals surface area contributed by atoms with Gasteiger partial charge in [0.2, 0.25) is 0 Å². The number of benzene rings is 1. The lowest BCUT2D eigenvalue weighted by Gasteiger charge is -2.22. The van der Waals surface area contributed by atoms with E-state index in [4.69, 9.17) is 10.5 Å². The number of nitrogen functional groups attached to an aromatic ring is 1. The fraction of sp³-hybridized carbons (Fsp3) is 0.500. The zero-order valence-corrected chi connectivity index (χ0v) is 11.6. The highest BCUT2D eigenvalue weighted by Crippen LogP contribution is 2.27. The van der Waals surface area contributed by atoms with Crippen molar-refractivity contribution >= 4 is 5.69 Å². The van der Waals surface area contributed by atoms with E-state index in [0.29, 0.717) is 5.92 Å². The molecule has 0 saturated carbocycles. The van der Waals surface area contributed by atoms with E-state index in [9.17, 15) is 0 Å². The number of nitrogens with two attached hydrogens (primary N) is 1. The Kier molecular flexibility index (Phi) is 3.64. The molecule has 0 unspecified atom stereocenters. The number of hydrogen-bond donors (Lipinski definition) is 1. The summed E-state index contributed by atoms with van der Waals surface area (Å²) in [5.74, 6) is 1.31. The first-order valence-corrected chi connectivity index (χ1v) is 6.95. The standard InChI is InChI=1S/C14H19N5O/c1-10-3-2-4-12(13(10)15)14-16-17-18-19(14)9-11-5-7-20-8-6-11/h2-4,11H,5-9,15H2,1H3. The van der Waals surface area contributed by atoms with Crippen molar-refractivity contribution < 1.29 is 4.74 Å². The highest BCUT2D eigenvalue weighted by Gasteiger charge is 2.19. The van der Waals surface area contributed by atoms with E-state index in [1.807, 2.05) is 29.8 Å². The van der Waals surface area contributed by atoms with Gasteiger partial charge in [0.25, 0.3) is 0 Å². The molecular formula is C14H19N5O. The molecule has 0 amide bonds. The Morgan fingerprint density at radius 3 is 2.95 bits per heavy atom. The molecule has 6 nitrogen and oxygen atoms in total. The van der Waals surface area contributed by atoms with Crippen LogP contribution in [0.2, 0.25) is 0 Å². The van der Waals surface area contributed by atoms with Crippen LogP contribution in [0.5, 0.6) is 0 Å².